The molecule has 1 heterocycles. The second kappa shape index (κ2) is 5.98. The highest BCUT2D eigenvalue weighted by molar-refractivity contribution is 7.89. The van der Waals surface area contributed by atoms with Crippen molar-refractivity contribution in [2.75, 3.05) is 0 Å². The molecule has 0 saturated carbocycles. The van der Waals surface area contributed by atoms with Crippen LogP contribution in [-0.4, -0.2) is 13.6 Å². The Bertz CT molecular complexity index is 931. The van der Waals surface area contributed by atoms with Crippen LogP contribution >= 0.6 is 0 Å². The van der Waals surface area contributed by atoms with E-state index in [1.807, 2.05) is 37.3 Å². The summed E-state index contributed by atoms with van der Waals surface area (Å²) >= 11 is 0. The molecule has 3 aromatic rings. The van der Waals surface area contributed by atoms with Crippen molar-refractivity contribution < 1.29 is 12.9 Å². The van der Waals surface area contributed by atoms with Crippen LogP contribution in [0.2, 0.25) is 0 Å². The maximum atomic E-state index is 11.9. The van der Waals surface area contributed by atoms with Crippen molar-refractivity contribution in [1.82, 2.24) is 5.16 Å². The second-order valence-corrected chi connectivity index (χ2v) is 6.62. The average Bonchev–Trinajstić information content (AvgIpc) is 2.98. The SMILES string of the molecule is CCc1onc(-c2ccccc2)c1-c1ccccc1S(N)(=O)=O. The quantitative estimate of drug-likeness (QED) is 0.796. The Balaban J connectivity index is 2.32. The Morgan fingerprint density at radius 1 is 1.04 bits per heavy atom. The summed E-state index contributed by atoms with van der Waals surface area (Å²) < 4.78 is 29.3. The number of aryl methyl sites for hydroxylation is 1. The van der Waals surface area contributed by atoms with E-state index in [1.165, 1.54) is 6.07 Å². The van der Waals surface area contributed by atoms with Crippen molar-refractivity contribution in [2.45, 2.75) is 18.2 Å². The fraction of sp³-hybridized carbons (Fsp3) is 0.118. The lowest BCUT2D eigenvalue weighted by atomic mass is 9.98. The smallest absolute Gasteiger partial charge is 0.238 e. The topological polar surface area (TPSA) is 86.2 Å². The molecule has 0 fully saturated rings. The zero-order valence-corrected chi connectivity index (χ0v) is 13.4. The van der Waals surface area contributed by atoms with Crippen LogP contribution in [0.5, 0.6) is 0 Å². The minimum Gasteiger partial charge on any atom is -0.360 e. The van der Waals surface area contributed by atoms with Gasteiger partial charge in [0.25, 0.3) is 0 Å². The van der Waals surface area contributed by atoms with Gasteiger partial charge in [-0.2, -0.15) is 0 Å². The van der Waals surface area contributed by atoms with Gasteiger partial charge in [-0.3, -0.25) is 0 Å². The molecule has 3 rings (SSSR count). The third-order valence-electron chi connectivity index (χ3n) is 3.59. The molecule has 6 heteroatoms. The van der Waals surface area contributed by atoms with Gasteiger partial charge < -0.3 is 4.52 Å². The molecule has 23 heavy (non-hydrogen) atoms. The van der Waals surface area contributed by atoms with Crippen LogP contribution in [0.1, 0.15) is 12.7 Å². The molecule has 0 aliphatic rings. The number of rotatable bonds is 4. The van der Waals surface area contributed by atoms with E-state index in [0.29, 0.717) is 29.0 Å². The van der Waals surface area contributed by atoms with E-state index in [-0.39, 0.29) is 4.90 Å². The first-order valence-corrected chi connectivity index (χ1v) is 8.73. The van der Waals surface area contributed by atoms with Crippen LogP contribution in [0.3, 0.4) is 0 Å². The van der Waals surface area contributed by atoms with Crippen LogP contribution < -0.4 is 5.14 Å². The lowest BCUT2D eigenvalue weighted by molar-refractivity contribution is 0.389. The van der Waals surface area contributed by atoms with E-state index in [4.69, 9.17) is 9.66 Å². The van der Waals surface area contributed by atoms with Crippen LogP contribution in [-0.2, 0) is 16.4 Å². The standard InChI is InChI=1S/C17H16N2O3S/c1-2-14-16(13-10-6-7-11-15(13)23(18,20)21)17(19-22-14)12-8-4-3-5-9-12/h3-11H,2H2,1H3,(H2,18,20,21). The van der Waals surface area contributed by atoms with Gasteiger partial charge >= 0.3 is 0 Å². The number of hydrogen-bond donors (Lipinski definition) is 1. The Morgan fingerprint density at radius 2 is 1.70 bits per heavy atom. The molecule has 0 aliphatic heterocycles. The molecule has 0 bridgehead atoms. The summed E-state index contributed by atoms with van der Waals surface area (Å²) in [6, 6.07) is 16.1. The minimum absolute atomic E-state index is 0.0649. The predicted octanol–water partition coefficient (Wildman–Crippen LogP) is 3.22. The van der Waals surface area contributed by atoms with Gasteiger partial charge in [0.1, 0.15) is 11.5 Å². The Hall–Kier alpha value is -2.44. The van der Waals surface area contributed by atoms with Gasteiger partial charge in [0.2, 0.25) is 10.0 Å². The maximum absolute atomic E-state index is 11.9. The number of primary sulfonamides is 1. The fourth-order valence-corrected chi connectivity index (χ4v) is 3.30. The highest BCUT2D eigenvalue weighted by atomic mass is 32.2. The van der Waals surface area contributed by atoms with Crippen molar-refractivity contribution >= 4 is 10.0 Å². The predicted molar refractivity (Wildman–Crippen MR) is 88.1 cm³/mol. The largest absolute Gasteiger partial charge is 0.360 e. The van der Waals surface area contributed by atoms with E-state index < -0.39 is 10.0 Å². The fourth-order valence-electron chi connectivity index (χ4n) is 2.56. The molecular weight excluding hydrogens is 312 g/mol. The normalized spacial score (nSPS) is 11.6. The molecule has 1 aromatic heterocycles. The summed E-state index contributed by atoms with van der Waals surface area (Å²) in [5.41, 5.74) is 2.64. The first-order chi connectivity index (χ1) is 11.0. The van der Waals surface area contributed by atoms with Gasteiger partial charge in [0.15, 0.2) is 0 Å². The number of aromatic nitrogens is 1. The van der Waals surface area contributed by atoms with Crippen LogP contribution in [0.15, 0.2) is 64.0 Å². The number of nitrogens with two attached hydrogens (primary N) is 1. The third-order valence-corrected chi connectivity index (χ3v) is 4.56. The summed E-state index contributed by atoms with van der Waals surface area (Å²) in [7, 11) is -3.85. The summed E-state index contributed by atoms with van der Waals surface area (Å²) in [6.45, 7) is 1.93. The number of sulfonamides is 1. The lowest BCUT2D eigenvalue weighted by Gasteiger charge is -2.09. The van der Waals surface area contributed by atoms with Crippen molar-refractivity contribution in [3.63, 3.8) is 0 Å². The van der Waals surface area contributed by atoms with Crippen LogP contribution in [0.4, 0.5) is 0 Å². The first kappa shape index (κ1) is 15.5. The summed E-state index contributed by atoms with van der Waals surface area (Å²) in [4.78, 5) is 0.0649. The monoisotopic (exact) mass is 328 g/mol. The molecule has 0 amide bonds. The number of benzene rings is 2. The molecule has 0 unspecified atom stereocenters. The van der Waals surface area contributed by atoms with Gasteiger partial charge in [0, 0.05) is 17.5 Å². The van der Waals surface area contributed by atoms with Gasteiger partial charge in [-0.15, -0.1) is 0 Å². The van der Waals surface area contributed by atoms with Crippen LogP contribution in [0.25, 0.3) is 22.4 Å². The van der Waals surface area contributed by atoms with Crippen LogP contribution in [0, 0.1) is 0 Å². The van der Waals surface area contributed by atoms with Gasteiger partial charge in [-0.1, -0.05) is 60.6 Å². The highest BCUT2D eigenvalue weighted by Crippen LogP contribution is 2.37. The van der Waals surface area contributed by atoms with Crippen molar-refractivity contribution in [3.05, 3.63) is 60.4 Å². The molecule has 0 radical (unpaired) electrons. The second-order valence-electron chi connectivity index (χ2n) is 5.09. The molecule has 0 atom stereocenters. The van der Waals surface area contributed by atoms with Gasteiger partial charge in [-0.25, -0.2) is 13.6 Å². The third kappa shape index (κ3) is 2.91. The molecule has 5 nitrogen and oxygen atoms in total. The summed E-state index contributed by atoms with van der Waals surface area (Å²) in [5, 5.41) is 9.51. The molecule has 2 N–H and O–H groups in total. The van der Waals surface area contributed by atoms with E-state index in [0.717, 1.165) is 5.56 Å². The first-order valence-electron chi connectivity index (χ1n) is 7.18. The highest BCUT2D eigenvalue weighted by Gasteiger charge is 2.23. The van der Waals surface area contributed by atoms with Gasteiger partial charge in [-0.05, 0) is 6.07 Å². The number of hydrogen-bond acceptors (Lipinski definition) is 4. The average molecular weight is 328 g/mol. The molecule has 0 aliphatic carbocycles. The van der Waals surface area contributed by atoms with E-state index in [1.54, 1.807) is 18.2 Å². The molecule has 0 saturated heterocycles. The van der Waals surface area contributed by atoms with E-state index in [2.05, 4.69) is 5.16 Å². The Kier molecular flexibility index (Phi) is 4.02. The Labute approximate surface area is 134 Å². The zero-order chi connectivity index (χ0) is 16.4. The minimum atomic E-state index is -3.85. The molecule has 0 spiro atoms. The van der Waals surface area contributed by atoms with Crippen molar-refractivity contribution in [1.29, 1.82) is 0 Å². The summed E-state index contributed by atoms with van der Waals surface area (Å²) in [6.07, 6.45) is 0.591. The zero-order valence-electron chi connectivity index (χ0n) is 12.6. The molecule has 2 aromatic carbocycles. The van der Waals surface area contributed by atoms with Crippen molar-refractivity contribution in [3.8, 4) is 22.4 Å². The van der Waals surface area contributed by atoms with E-state index >= 15 is 0 Å². The Morgan fingerprint density at radius 3 is 2.35 bits per heavy atom. The van der Waals surface area contributed by atoms with Crippen molar-refractivity contribution in [2.24, 2.45) is 5.14 Å². The molecule has 118 valence electrons. The van der Waals surface area contributed by atoms with Gasteiger partial charge in [0.05, 0.1) is 10.5 Å². The summed E-state index contributed by atoms with van der Waals surface area (Å²) in [5.74, 6) is 0.625. The van der Waals surface area contributed by atoms with E-state index in [9.17, 15) is 8.42 Å². The number of nitrogens with zero attached hydrogens (tertiary/aromatic N) is 1. The maximum Gasteiger partial charge on any atom is 0.238 e. The lowest BCUT2D eigenvalue weighted by Crippen LogP contribution is -2.13. The molecular formula is C17H16N2O3S.